The third-order valence-electron chi connectivity index (χ3n) is 4.20. The molecule has 9 heteroatoms. The number of halogens is 1. The first-order valence-corrected chi connectivity index (χ1v) is 9.95. The van der Waals surface area contributed by atoms with E-state index in [1.54, 1.807) is 4.68 Å². The number of aliphatic hydroxyl groups excluding tert-OH is 1. The van der Waals surface area contributed by atoms with Gasteiger partial charge in [-0.3, -0.25) is 4.98 Å². The summed E-state index contributed by atoms with van der Waals surface area (Å²) in [7, 11) is 0. The van der Waals surface area contributed by atoms with Gasteiger partial charge in [-0.2, -0.15) is 5.10 Å². The Balaban J connectivity index is 1.83. The largest absolute Gasteiger partial charge is 0.491 e. The van der Waals surface area contributed by atoms with Crippen molar-refractivity contribution in [2.75, 3.05) is 6.61 Å². The molecule has 0 bridgehead atoms. The zero-order valence-electron chi connectivity index (χ0n) is 14.6. The van der Waals surface area contributed by atoms with Crippen LogP contribution in [0.3, 0.4) is 0 Å². The van der Waals surface area contributed by atoms with Crippen molar-refractivity contribution in [3.05, 3.63) is 30.0 Å². The van der Waals surface area contributed by atoms with Crippen LogP contribution >= 0.6 is 22.6 Å². The van der Waals surface area contributed by atoms with Gasteiger partial charge in [0.2, 0.25) is 0 Å². The Bertz CT molecular complexity index is 949. The smallest absolute Gasteiger partial charge is 0.179 e. The first-order valence-electron chi connectivity index (χ1n) is 8.42. The molecule has 3 aromatic rings. The van der Waals surface area contributed by atoms with Crippen molar-refractivity contribution in [1.82, 2.24) is 29.3 Å². The summed E-state index contributed by atoms with van der Waals surface area (Å²) >= 11 is 2.29. The molecule has 4 heterocycles. The Kier molecular flexibility index (Phi) is 4.65. The molecule has 8 nitrogen and oxygen atoms in total. The molecule has 0 atom stereocenters. The average Bonchev–Trinajstić information content (AvgIpc) is 3.22. The fourth-order valence-electron chi connectivity index (χ4n) is 2.97. The molecule has 0 saturated carbocycles. The van der Waals surface area contributed by atoms with Gasteiger partial charge in [0, 0.05) is 28.9 Å². The lowest BCUT2D eigenvalue weighted by Gasteiger charge is -2.08. The van der Waals surface area contributed by atoms with E-state index in [1.807, 2.05) is 32.3 Å². The summed E-state index contributed by atoms with van der Waals surface area (Å²) < 4.78 is 10.6. The number of imidazole rings is 1. The normalized spacial score (nSPS) is 13.3. The molecule has 0 spiro atoms. The highest BCUT2D eigenvalue weighted by molar-refractivity contribution is 14.1. The van der Waals surface area contributed by atoms with Crippen LogP contribution in [-0.4, -0.2) is 41.0 Å². The number of ether oxygens (including phenoxy) is 1. The van der Waals surface area contributed by atoms with Gasteiger partial charge < -0.3 is 14.4 Å². The quantitative estimate of drug-likeness (QED) is 0.470. The molecule has 0 amide bonds. The molecule has 1 aliphatic heterocycles. The first-order chi connectivity index (χ1) is 12.6. The summed E-state index contributed by atoms with van der Waals surface area (Å²) in [5.41, 5.74) is 2.59. The van der Waals surface area contributed by atoms with Crippen LogP contribution in [0.5, 0.6) is 5.75 Å². The minimum Gasteiger partial charge on any atom is -0.491 e. The Labute approximate surface area is 164 Å². The molecule has 3 aromatic heterocycles. The van der Waals surface area contributed by atoms with Gasteiger partial charge in [0.1, 0.15) is 30.5 Å². The number of hydrogen-bond acceptors (Lipinski definition) is 6. The van der Waals surface area contributed by atoms with E-state index < -0.39 is 0 Å². The van der Waals surface area contributed by atoms with Crippen LogP contribution in [0.25, 0.3) is 22.9 Å². The number of nitrogens with zero attached hydrogens (tertiary/aromatic N) is 6. The van der Waals surface area contributed by atoms with E-state index >= 15 is 0 Å². The van der Waals surface area contributed by atoms with Crippen molar-refractivity contribution in [2.24, 2.45) is 0 Å². The van der Waals surface area contributed by atoms with E-state index in [-0.39, 0.29) is 12.6 Å². The van der Waals surface area contributed by atoms with Crippen LogP contribution in [0.2, 0.25) is 0 Å². The second kappa shape index (κ2) is 6.95. The van der Waals surface area contributed by atoms with Gasteiger partial charge >= 0.3 is 0 Å². The number of fused-ring (bicyclic) bond motifs is 3. The van der Waals surface area contributed by atoms with Gasteiger partial charge in [-0.05, 0) is 13.8 Å². The van der Waals surface area contributed by atoms with Crippen LogP contribution in [0.15, 0.2) is 18.5 Å². The highest BCUT2D eigenvalue weighted by Gasteiger charge is 2.23. The maximum absolute atomic E-state index is 9.39. The van der Waals surface area contributed by atoms with Crippen molar-refractivity contribution < 1.29 is 9.84 Å². The van der Waals surface area contributed by atoms with E-state index in [1.165, 1.54) is 0 Å². The molecule has 1 aliphatic rings. The van der Waals surface area contributed by atoms with Gasteiger partial charge in [0.15, 0.2) is 11.6 Å². The summed E-state index contributed by atoms with van der Waals surface area (Å²) in [6.45, 7) is 5.12. The predicted octanol–water partition coefficient (Wildman–Crippen LogP) is 2.60. The average molecular weight is 466 g/mol. The lowest BCUT2D eigenvalue weighted by atomic mass is 10.2. The fourth-order valence-corrected chi connectivity index (χ4v) is 3.39. The van der Waals surface area contributed by atoms with Gasteiger partial charge in [0.05, 0.1) is 17.8 Å². The molecular formula is C17H19IN6O2. The number of hydrogen-bond donors (Lipinski definition) is 1. The maximum atomic E-state index is 9.39. The van der Waals surface area contributed by atoms with Crippen LogP contribution in [0.4, 0.5) is 0 Å². The highest BCUT2D eigenvalue weighted by Crippen LogP contribution is 2.34. The van der Waals surface area contributed by atoms with Gasteiger partial charge in [-0.15, -0.1) is 0 Å². The summed E-state index contributed by atoms with van der Waals surface area (Å²) in [6.07, 6.45) is 3.79. The summed E-state index contributed by atoms with van der Waals surface area (Å²) in [5.74, 6) is 2.67. The molecule has 0 aliphatic carbocycles. The second-order valence-corrected chi connectivity index (χ2v) is 7.11. The van der Waals surface area contributed by atoms with Crippen LogP contribution in [0, 0.1) is 0 Å². The molecule has 0 fully saturated rings. The second-order valence-electron chi connectivity index (χ2n) is 6.35. The summed E-state index contributed by atoms with van der Waals surface area (Å²) in [4.78, 5) is 13.7. The van der Waals surface area contributed by atoms with E-state index in [9.17, 15) is 5.11 Å². The molecule has 0 aromatic carbocycles. The number of aromatic nitrogens is 6. The molecule has 136 valence electrons. The molecule has 26 heavy (non-hydrogen) atoms. The van der Waals surface area contributed by atoms with Crippen molar-refractivity contribution in [3.8, 4) is 28.7 Å². The molecule has 4 rings (SSSR count). The van der Waals surface area contributed by atoms with Crippen LogP contribution < -0.4 is 4.74 Å². The van der Waals surface area contributed by atoms with E-state index in [0.29, 0.717) is 24.8 Å². The van der Waals surface area contributed by atoms with E-state index in [2.05, 4.69) is 42.2 Å². The minimum atomic E-state index is -0.194. The molecule has 0 unspecified atom stereocenters. The number of aliphatic hydroxyl groups is 1. The summed E-state index contributed by atoms with van der Waals surface area (Å²) in [5, 5.41) is 13.8. The standard InChI is InChI=1S/C17H19IN6O2/c1-10(2)24-17(21-15(9-25)22-24)13-8-23-3-4-26-14-5-11(6-18)19-7-12(14)16(23)20-13/h5,7-8,10,25H,3-4,6,9H2,1-2H3. The number of rotatable bonds is 4. The monoisotopic (exact) mass is 466 g/mol. The Morgan fingerprint density at radius 3 is 2.88 bits per heavy atom. The van der Waals surface area contributed by atoms with Crippen molar-refractivity contribution in [2.45, 2.75) is 37.5 Å². The zero-order valence-corrected chi connectivity index (χ0v) is 16.7. The third-order valence-corrected chi connectivity index (χ3v) is 4.98. The minimum absolute atomic E-state index is 0.114. The molecule has 0 saturated heterocycles. The van der Waals surface area contributed by atoms with E-state index in [4.69, 9.17) is 9.72 Å². The maximum Gasteiger partial charge on any atom is 0.179 e. The SMILES string of the molecule is CC(C)n1nc(CO)nc1-c1cn2c(n1)-c1cnc(CI)cc1OCC2. The van der Waals surface area contributed by atoms with Gasteiger partial charge in [-0.1, -0.05) is 22.6 Å². The Morgan fingerprint density at radius 1 is 1.31 bits per heavy atom. The van der Waals surface area contributed by atoms with Crippen LogP contribution in [0.1, 0.15) is 31.4 Å². The fraction of sp³-hybridized carbons (Fsp3) is 0.412. The zero-order chi connectivity index (χ0) is 18.3. The first kappa shape index (κ1) is 17.4. The van der Waals surface area contributed by atoms with Crippen molar-refractivity contribution in [3.63, 3.8) is 0 Å². The number of alkyl halides is 1. The van der Waals surface area contributed by atoms with Gasteiger partial charge in [-0.25, -0.2) is 14.6 Å². The Hall–Kier alpha value is -2.01. The number of pyridine rings is 1. The molecular weight excluding hydrogens is 447 g/mol. The van der Waals surface area contributed by atoms with Gasteiger partial charge in [0.25, 0.3) is 0 Å². The summed E-state index contributed by atoms with van der Waals surface area (Å²) in [6, 6.07) is 2.09. The van der Waals surface area contributed by atoms with E-state index in [0.717, 1.165) is 33.0 Å². The lowest BCUT2D eigenvalue weighted by molar-refractivity contribution is 0.270. The molecule has 1 N–H and O–H groups in total. The lowest BCUT2D eigenvalue weighted by Crippen LogP contribution is -2.06. The predicted molar refractivity (Wildman–Crippen MR) is 104 cm³/mol. The van der Waals surface area contributed by atoms with Crippen molar-refractivity contribution in [1.29, 1.82) is 0 Å². The molecule has 0 radical (unpaired) electrons. The van der Waals surface area contributed by atoms with Crippen LogP contribution in [-0.2, 0) is 17.6 Å². The van der Waals surface area contributed by atoms with Crippen molar-refractivity contribution >= 4 is 22.6 Å². The topological polar surface area (TPSA) is 90.9 Å². The Morgan fingerprint density at radius 2 is 2.15 bits per heavy atom. The highest BCUT2D eigenvalue weighted by atomic mass is 127. The third kappa shape index (κ3) is 2.98.